The van der Waals surface area contributed by atoms with Crippen molar-refractivity contribution in [3.05, 3.63) is 53.4 Å². The summed E-state index contributed by atoms with van der Waals surface area (Å²) < 4.78 is 53.6. The lowest BCUT2D eigenvalue weighted by atomic mass is 9.65. The van der Waals surface area contributed by atoms with Gasteiger partial charge in [0, 0.05) is 30.4 Å². The van der Waals surface area contributed by atoms with E-state index in [1.54, 1.807) is 17.0 Å². The van der Waals surface area contributed by atoms with Crippen molar-refractivity contribution in [2.45, 2.75) is 62.4 Å². The minimum Gasteiger partial charge on any atom is -0.495 e. The van der Waals surface area contributed by atoms with Crippen molar-refractivity contribution in [3.8, 4) is 5.75 Å². The number of methoxy groups -OCH3 is 1. The van der Waals surface area contributed by atoms with Crippen molar-refractivity contribution < 1.29 is 31.9 Å². The van der Waals surface area contributed by atoms with Gasteiger partial charge in [0.15, 0.2) is 0 Å². The highest BCUT2D eigenvalue weighted by molar-refractivity contribution is 7.92. The fraction of sp³-hybridized carbons (Fsp3) is 0.429. The Labute approximate surface area is 227 Å². The minimum absolute atomic E-state index is 0.0861. The summed E-state index contributed by atoms with van der Waals surface area (Å²) in [5.41, 5.74) is 2.03. The van der Waals surface area contributed by atoms with Gasteiger partial charge in [0.2, 0.25) is 5.91 Å². The van der Waals surface area contributed by atoms with Crippen molar-refractivity contribution in [1.29, 1.82) is 0 Å². The third kappa shape index (κ3) is 4.95. The first-order valence-electron chi connectivity index (χ1n) is 12.9. The summed E-state index contributed by atoms with van der Waals surface area (Å²) in [6.07, 6.45) is 4.26. The van der Waals surface area contributed by atoms with E-state index < -0.39 is 32.9 Å². The quantitative estimate of drug-likeness (QED) is 0.533. The average Bonchev–Trinajstić information content (AvgIpc) is 3.14. The van der Waals surface area contributed by atoms with E-state index in [0.29, 0.717) is 43.6 Å². The standard InChI is InChI=1S/C28H32FN3O6S/c1-27(2,3)38-26(34)32-12-8-17(9-13-32)20-15-19(16-21-24(20)30-25(33)28(21)10-5-11-28)31-39(35,36)23-7-6-18(29)14-22(23)37-4/h6-8,14-16,31H,5,9-13H2,1-4H3,(H,30,33). The summed E-state index contributed by atoms with van der Waals surface area (Å²) in [7, 11) is -2.88. The van der Waals surface area contributed by atoms with Gasteiger partial charge in [0.25, 0.3) is 10.0 Å². The third-order valence-corrected chi connectivity index (χ3v) is 8.83. The summed E-state index contributed by atoms with van der Waals surface area (Å²) in [4.78, 5) is 27.0. The molecule has 0 unspecified atom stereocenters. The average molecular weight is 558 g/mol. The number of hydrogen-bond donors (Lipinski definition) is 2. The first-order chi connectivity index (χ1) is 18.3. The van der Waals surface area contributed by atoms with Gasteiger partial charge in [0.1, 0.15) is 22.1 Å². The van der Waals surface area contributed by atoms with Crippen molar-refractivity contribution in [3.63, 3.8) is 0 Å². The minimum atomic E-state index is -4.15. The van der Waals surface area contributed by atoms with Gasteiger partial charge in [-0.2, -0.15) is 0 Å². The second kappa shape index (κ2) is 9.55. The third-order valence-electron chi connectivity index (χ3n) is 7.41. The Hall–Kier alpha value is -3.60. The molecule has 1 fully saturated rings. The number of hydrogen-bond acceptors (Lipinski definition) is 6. The zero-order chi connectivity index (χ0) is 28.2. The van der Waals surface area contributed by atoms with Crippen LogP contribution in [0.15, 0.2) is 41.3 Å². The number of anilines is 2. The molecule has 3 aliphatic rings. The van der Waals surface area contributed by atoms with Crippen LogP contribution in [0.5, 0.6) is 5.75 Å². The van der Waals surface area contributed by atoms with Crippen LogP contribution in [0.4, 0.5) is 20.6 Å². The van der Waals surface area contributed by atoms with E-state index in [-0.39, 0.29) is 22.2 Å². The van der Waals surface area contributed by atoms with E-state index in [0.717, 1.165) is 35.8 Å². The monoisotopic (exact) mass is 557 g/mol. The van der Waals surface area contributed by atoms with E-state index in [1.807, 2.05) is 26.8 Å². The summed E-state index contributed by atoms with van der Waals surface area (Å²) in [6, 6.07) is 6.62. The van der Waals surface area contributed by atoms with Gasteiger partial charge in [-0.05, 0) is 75.4 Å². The highest BCUT2D eigenvalue weighted by Crippen LogP contribution is 2.54. The van der Waals surface area contributed by atoms with Crippen molar-refractivity contribution >= 4 is 39.0 Å². The second-order valence-electron chi connectivity index (χ2n) is 11.1. The topological polar surface area (TPSA) is 114 Å². The predicted molar refractivity (Wildman–Crippen MR) is 145 cm³/mol. The first-order valence-corrected chi connectivity index (χ1v) is 14.3. The number of amides is 2. The van der Waals surface area contributed by atoms with Gasteiger partial charge in [-0.3, -0.25) is 9.52 Å². The molecule has 0 aromatic heterocycles. The molecule has 2 heterocycles. The van der Waals surface area contributed by atoms with Crippen molar-refractivity contribution in [2.75, 3.05) is 30.2 Å². The van der Waals surface area contributed by atoms with Crippen LogP contribution < -0.4 is 14.8 Å². The highest BCUT2D eigenvalue weighted by atomic mass is 32.2. The molecule has 0 bridgehead atoms. The lowest BCUT2D eigenvalue weighted by Crippen LogP contribution is -2.40. The molecule has 0 saturated heterocycles. The number of carbonyl (C=O) groups excluding carboxylic acids is 2. The van der Waals surface area contributed by atoms with Crippen LogP contribution in [0, 0.1) is 5.82 Å². The van der Waals surface area contributed by atoms with E-state index in [1.165, 1.54) is 7.11 Å². The Kier molecular flexibility index (Phi) is 6.61. The van der Waals surface area contributed by atoms with Gasteiger partial charge in [-0.1, -0.05) is 12.5 Å². The number of fused-ring (bicyclic) bond motifs is 2. The maximum absolute atomic E-state index is 13.7. The predicted octanol–water partition coefficient (Wildman–Crippen LogP) is 5.03. The van der Waals surface area contributed by atoms with E-state index >= 15 is 0 Å². The zero-order valence-corrected chi connectivity index (χ0v) is 23.2. The number of sulfonamides is 1. The fourth-order valence-electron chi connectivity index (χ4n) is 5.33. The summed E-state index contributed by atoms with van der Waals surface area (Å²) in [6.45, 7) is 6.17. The van der Waals surface area contributed by atoms with Gasteiger partial charge in [0.05, 0.1) is 18.2 Å². The molecule has 1 saturated carbocycles. The summed E-state index contributed by atoms with van der Waals surface area (Å²) in [5, 5.41) is 3.04. The molecule has 0 radical (unpaired) electrons. The summed E-state index contributed by atoms with van der Waals surface area (Å²) in [5.74, 6) is -0.822. The molecule has 1 aliphatic carbocycles. The van der Waals surface area contributed by atoms with Gasteiger partial charge >= 0.3 is 6.09 Å². The van der Waals surface area contributed by atoms with Crippen LogP contribution in [0.2, 0.25) is 0 Å². The number of ether oxygens (including phenoxy) is 2. The van der Waals surface area contributed by atoms with Gasteiger partial charge in [-0.25, -0.2) is 17.6 Å². The van der Waals surface area contributed by atoms with Crippen molar-refractivity contribution in [1.82, 2.24) is 4.90 Å². The number of halogens is 1. The van der Waals surface area contributed by atoms with E-state index in [2.05, 4.69) is 10.0 Å². The molecule has 1 spiro atoms. The van der Waals surface area contributed by atoms with E-state index in [4.69, 9.17) is 9.47 Å². The van der Waals surface area contributed by atoms with Crippen LogP contribution in [-0.2, 0) is 25.0 Å². The number of nitrogens with one attached hydrogen (secondary N) is 2. The molecule has 208 valence electrons. The largest absolute Gasteiger partial charge is 0.495 e. The maximum atomic E-state index is 13.7. The Morgan fingerprint density at radius 3 is 2.51 bits per heavy atom. The molecule has 2 aliphatic heterocycles. The van der Waals surface area contributed by atoms with Crippen LogP contribution in [-0.4, -0.2) is 51.1 Å². The zero-order valence-electron chi connectivity index (χ0n) is 22.4. The molecule has 2 amide bonds. The van der Waals surface area contributed by atoms with Crippen molar-refractivity contribution in [2.24, 2.45) is 0 Å². The smallest absolute Gasteiger partial charge is 0.410 e. The summed E-state index contributed by atoms with van der Waals surface area (Å²) >= 11 is 0. The fourth-order valence-corrected chi connectivity index (χ4v) is 6.52. The molecule has 5 rings (SSSR count). The lowest BCUT2D eigenvalue weighted by Gasteiger charge is -2.36. The second-order valence-corrected chi connectivity index (χ2v) is 12.8. The normalized spacial score (nSPS) is 18.1. The molecule has 2 aromatic carbocycles. The molecule has 0 atom stereocenters. The molecule has 2 N–H and O–H groups in total. The SMILES string of the molecule is COc1cc(F)ccc1S(=O)(=O)Nc1cc(C2=CCN(C(=O)OC(C)(C)C)CC2)c2c(c1)C1(CCC1)C(=O)N2. The molecule has 39 heavy (non-hydrogen) atoms. The number of carbonyl (C=O) groups is 2. The molecule has 11 heteroatoms. The van der Waals surface area contributed by atoms with E-state index in [9.17, 15) is 22.4 Å². The van der Waals surface area contributed by atoms with Crippen LogP contribution in [0.25, 0.3) is 5.57 Å². The van der Waals surface area contributed by atoms with Crippen LogP contribution >= 0.6 is 0 Å². The Balaban J connectivity index is 1.52. The van der Waals surface area contributed by atoms with Gasteiger partial charge in [-0.15, -0.1) is 0 Å². The Bertz CT molecular complexity index is 1490. The lowest BCUT2D eigenvalue weighted by molar-refractivity contribution is -0.123. The molecule has 9 nitrogen and oxygen atoms in total. The Morgan fingerprint density at radius 2 is 1.92 bits per heavy atom. The maximum Gasteiger partial charge on any atom is 0.410 e. The molecule has 2 aromatic rings. The molecular formula is C28H32FN3O6S. The first kappa shape index (κ1) is 27.0. The number of benzene rings is 2. The Morgan fingerprint density at radius 1 is 1.18 bits per heavy atom. The highest BCUT2D eigenvalue weighted by Gasteiger charge is 2.52. The van der Waals surface area contributed by atoms with Crippen LogP contribution in [0.3, 0.4) is 0 Å². The van der Waals surface area contributed by atoms with Crippen LogP contribution in [0.1, 0.15) is 57.6 Å². The number of nitrogens with zero attached hydrogens (tertiary/aromatic N) is 1. The molecular weight excluding hydrogens is 525 g/mol. The number of rotatable bonds is 5. The van der Waals surface area contributed by atoms with Gasteiger partial charge < -0.3 is 19.7 Å².